The van der Waals surface area contributed by atoms with Gasteiger partial charge in [0.2, 0.25) is 0 Å². The first-order valence-corrected chi connectivity index (χ1v) is 7.69. The summed E-state index contributed by atoms with van der Waals surface area (Å²) in [6.45, 7) is 5.27. The van der Waals surface area contributed by atoms with Gasteiger partial charge in [-0.15, -0.1) is 0 Å². The molecule has 1 aromatic heterocycles. The van der Waals surface area contributed by atoms with Gasteiger partial charge in [0, 0.05) is 10.7 Å². The second-order valence-electron chi connectivity index (χ2n) is 5.01. The van der Waals surface area contributed by atoms with E-state index in [4.69, 9.17) is 17.3 Å². The molecule has 0 aliphatic carbocycles. The molecule has 2 aromatic rings. The quantitative estimate of drug-likeness (QED) is 0.889. The molecule has 0 radical (unpaired) electrons. The summed E-state index contributed by atoms with van der Waals surface area (Å²) in [6, 6.07) is 4.42. The van der Waals surface area contributed by atoms with Gasteiger partial charge >= 0.3 is 0 Å². The standard InChI is InChI=1S/C16H21ClFN3/c1-3-15-13(7-8-19)16(4-2)21(20-15)10-11-9-12(18)5-6-14(11)17/h5-6,9H,3-4,7-8,10,19H2,1-2H3. The van der Waals surface area contributed by atoms with Gasteiger partial charge < -0.3 is 5.73 Å². The number of nitrogens with two attached hydrogens (primary N) is 1. The number of halogens is 2. The van der Waals surface area contributed by atoms with Crippen LogP contribution in [0.1, 0.15) is 36.4 Å². The first kappa shape index (κ1) is 16.0. The van der Waals surface area contributed by atoms with Gasteiger partial charge in [-0.3, -0.25) is 4.68 Å². The van der Waals surface area contributed by atoms with Crippen molar-refractivity contribution in [1.29, 1.82) is 0 Å². The zero-order valence-electron chi connectivity index (χ0n) is 12.5. The number of benzene rings is 1. The lowest BCUT2D eigenvalue weighted by atomic mass is 10.1. The molecule has 0 saturated heterocycles. The van der Waals surface area contributed by atoms with Crippen LogP contribution in [0.4, 0.5) is 4.39 Å². The zero-order chi connectivity index (χ0) is 15.4. The van der Waals surface area contributed by atoms with Crippen molar-refractivity contribution in [1.82, 2.24) is 9.78 Å². The van der Waals surface area contributed by atoms with E-state index in [0.717, 1.165) is 36.2 Å². The maximum absolute atomic E-state index is 13.4. The lowest BCUT2D eigenvalue weighted by molar-refractivity contribution is 0.611. The Kier molecular flexibility index (Phi) is 5.37. The fraction of sp³-hybridized carbons (Fsp3) is 0.438. The lowest BCUT2D eigenvalue weighted by Crippen LogP contribution is -2.09. The number of rotatable bonds is 6. The summed E-state index contributed by atoms with van der Waals surface area (Å²) in [5.74, 6) is -0.280. The van der Waals surface area contributed by atoms with E-state index in [1.807, 2.05) is 4.68 Å². The topological polar surface area (TPSA) is 43.8 Å². The van der Waals surface area contributed by atoms with Gasteiger partial charge in [0.1, 0.15) is 5.82 Å². The van der Waals surface area contributed by atoms with E-state index < -0.39 is 0 Å². The van der Waals surface area contributed by atoms with E-state index in [9.17, 15) is 4.39 Å². The molecule has 3 nitrogen and oxygen atoms in total. The molecule has 1 heterocycles. The Bertz CT molecular complexity index is 622. The van der Waals surface area contributed by atoms with Gasteiger partial charge in [0.05, 0.1) is 12.2 Å². The van der Waals surface area contributed by atoms with E-state index in [2.05, 4.69) is 18.9 Å². The molecule has 0 bridgehead atoms. The van der Waals surface area contributed by atoms with Crippen LogP contribution in [0.2, 0.25) is 5.02 Å². The Morgan fingerprint density at radius 3 is 2.67 bits per heavy atom. The van der Waals surface area contributed by atoms with Crippen LogP contribution in [-0.2, 0) is 25.8 Å². The Labute approximate surface area is 129 Å². The molecule has 0 spiro atoms. The van der Waals surface area contributed by atoms with Gasteiger partial charge in [-0.1, -0.05) is 25.4 Å². The van der Waals surface area contributed by atoms with Crippen LogP contribution in [0.5, 0.6) is 0 Å². The molecular weight excluding hydrogens is 289 g/mol. The van der Waals surface area contributed by atoms with Crippen LogP contribution in [0.3, 0.4) is 0 Å². The Morgan fingerprint density at radius 1 is 1.29 bits per heavy atom. The van der Waals surface area contributed by atoms with Crippen molar-refractivity contribution >= 4 is 11.6 Å². The number of aromatic nitrogens is 2. The molecular formula is C16H21ClFN3. The molecule has 0 saturated carbocycles. The van der Waals surface area contributed by atoms with Crippen molar-refractivity contribution in [2.45, 2.75) is 39.7 Å². The molecule has 0 aliphatic heterocycles. The fourth-order valence-electron chi connectivity index (χ4n) is 2.66. The predicted molar refractivity (Wildman–Crippen MR) is 84.3 cm³/mol. The summed E-state index contributed by atoms with van der Waals surface area (Å²) in [4.78, 5) is 0. The van der Waals surface area contributed by atoms with Crippen LogP contribution in [0.25, 0.3) is 0 Å². The third-order valence-corrected chi connectivity index (χ3v) is 4.01. The minimum atomic E-state index is -0.280. The highest BCUT2D eigenvalue weighted by Crippen LogP contribution is 2.22. The smallest absolute Gasteiger partial charge is 0.123 e. The molecule has 0 aliphatic rings. The van der Waals surface area contributed by atoms with Crippen molar-refractivity contribution in [2.75, 3.05) is 6.54 Å². The Morgan fingerprint density at radius 2 is 2.05 bits per heavy atom. The first-order valence-electron chi connectivity index (χ1n) is 7.32. The SMILES string of the molecule is CCc1nn(Cc2cc(F)ccc2Cl)c(CC)c1CCN. The van der Waals surface area contributed by atoms with E-state index in [0.29, 0.717) is 18.1 Å². The second-order valence-corrected chi connectivity index (χ2v) is 5.42. The molecule has 1 aromatic carbocycles. The number of aryl methyl sites for hydroxylation is 1. The van der Waals surface area contributed by atoms with E-state index >= 15 is 0 Å². The molecule has 114 valence electrons. The number of hydrogen-bond donors (Lipinski definition) is 1. The summed E-state index contributed by atoms with van der Waals surface area (Å²) < 4.78 is 15.3. The Hall–Kier alpha value is -1.39. The van der Waals surface area contributed by atoms with Gasteiger partial charge in [-0.05, 0) is 55.1 Å². The summed E-state index contributed by atoms with van der Waals surface area (Å²) in [5.41, 5.74) is 9.92. The molecule has 0 amide bonds. The van der Waals surface area contributed by atoms with Crippen LogP contribution in [-0.4, -0.2) is 16.3 Å². The molecule has 0 atom stereocenters. The van der Waals surface area contributed by atoms with Gasteiger partial charge in [-0.25, -0.2) is 4.39 Å². The molecule has 21 heavy (non-hydrogen) atoms. The van der Waals surface area contributed by atoms with Crippen LogP contribution >= 0.6 is 11.6 Å². The average Bonchev–Trinajstić information content (AvgIpc) is 2.80. The normalized spacial score (nSPS) is 11.1. The monoisotopic (exact) mass is 309 g/mol. The fourth-order valence-corrected chi connectivity index (χ4v) is 2.84. The van der Waals surface area contributed by atoms with Crippen LogP contribution in [0, 0.1) is 5.82 Å². The highest BCUT2D eigenvalue weighted by molar-refractivity contribution is 6.31. The van der Waals surface area contributed by atoms with E-state index in [1.54, 1.807) is 6.07 Å². The predicted octanol–water partition coefficient (Wildman–Crippen LogP) is 3.35. The van der Waals surface area contributed by atoms with Crippen LogP contribution < -0.4 is 5.73 Å². The largest absolute Gasteiger partial charge is 0.330 e. The third-order valence-electron chi connectivity index (χ3n) is 3.64. The summed E-state index contributed by atoms with van der Waals surface area (Å²) in [5, 5.41) is 5.23. The van der Waals surface area contributed by atoms with Crippen molar-refractivity contribution < 1.29 is 4.39 Å². The van der Waals surface area contributed by atoms with Crippen molar-refractivity contribution in [3.8, 4) is 0 Å². The van der Waals surface area contributed by atoms with Gasteiger partial charge in [-0.2, -0.15) is 5.10 Å². The third kappa shape index (κ3) is 3.44. The molecule has 0 fully saturated rings. The maximum atomic E-state index is 13.4. The van der Waals surface area contributed by atoms with E-state index in [-0.39, 0.29) is 5.82 Å². The highest BCUT2D eigenvalue weighted by Gasteiger charge is 2.16. The highest BCUT2D eigenvalue weighted by atomic mass is 35.5. The van der Waals surface area contributed by atoms with Gasteiger partial charge in [0.15, 0.2) is 0 Å². The van der Waals surface area contributed by atoms with Crippen molar-refractivity contribution in [3.63, 3.8) is 0 Å². The number of hydrogen-bond acceptors (Lipinski definition) is 2. The average molecular weight is 310 g/mol. The number of nitrogens with zero attached hydrogens (tertiary/aromatic N) is 2. The lowest BCUT2D eigenvalue weighted by Gasteiger charge is -2.09. The van der Waals surface area contributed by atoms with Crippen molar-refractivity contribution in [2.24, 2.45) is 5.73 Å². The van der Waals surface area contributed by atoms with Crippen molar-refractivity contribution in [3.05, 3.63) is 51.6 Å². The van der Waals surface area contributed by atoms with E-state index in [1.165, 1.54) is 17.7 Å². The minimum Gasteiger partial charge on any atom is -0.330 e. The summed E-state index contributed by atoms with van der Waals surface area (Å²) >= 11 is 6.16. The summed E-state index contributed by atoms with van der Waals surface area (Å²) in [6.07, 6.45) is 2.56. The maximum Gasteiger partial charge on any atom is 0.123 e. The van der Waals surface area contributed by atoms with Crippen LogP contribution in [0.15, 0.2) is 18.2 Å². The first-order chi connectivity index (χ1) is 10.1. The Balaban J connectivity index is 2.41. The van der Waals surface area contributed by atoms with Gasteiger partial charge in [0.25, 0.3) is 0 Å². The molecule has 2 N–H and O–H groups in total. The summed E-state index contributed by atoms with van der Waals surface area (Å²) in [7, 11) is 0. The molecule has 2 rings (SSSR count). The molecule has 0 unspecified atom stereocenters. The zero-order valence-corrected chi connectivity index (χ0v) is 13.3. The molecule has 5 heteroatoms. The minimum absolute atomic E-state index is 0.280. The second kappa shape index (κ2) is 7.05.